The van der Waals surface area contributed by atoms with Gasteiger partial charge in [-0.05, 0) is 30.0 Å². The summed E-state index contributed by atoms with van der Waals surface area (Å²) in [5.41, 5.74) is 3.87. The van der Waals surface area contributed by atoms with Gasteiger partial charge in [-0.15, -0.1) is 0 Å². The van der Waals surface area contributed by atoms with Crippen molar-refractivity contribution in [3.05, 3.63) is 94.1 Å². The summed E-state index contributed by atoms with van der Waals surface area (Å²) < 4.78 is 13.1. The van der Waals surface area contributed by atoms with E-state index in [9.17, 15) is 4.79 Å². The van der Waals surface area contributed by atoms with E-state index >= 15 is 0 Å². The molecule has 0 spiro atoms. The van der Waals surface area contributed by atoms with E-state index in [2.05, 4.69) is 47.9 Å². The van der Waals surface area contributed by atoms with Gasteiger partial charge in [0.1, 0.15) is 6.54 Å². The summed E-state index contributed by atoms with van der Waals surface area (Å²) in [6.07, 6.45) is 5.44. The molecule has 5 rings (SSSR count). The predicted molar refractivity (Wildman–Crippen MR) is 117 cm³/mol. The SMILES string of the molecule is C=C1c2cccc(=O)n2C=CN1Cc1nc([C@@H]2CO[C@@H](c3ccc(CC)cc3)C2)no1. The summed E-state index contributed by atoms with van der Waals surface area (Å²) in [6, 6.07) is 13.7. The van der Waals surface area contributed by atoms with Crippen LogP contribution in [0.4, 0.5) is 0 Å². The maximum atomic E-state index is 12.0. The Labute approximate surface area is 180 Å². The molecule has 3 aromatic rings. The zero-order valence-corrected chi connectivity index (χ0v) is 17.4. The van der Waals surface area contributed by atoms with Gasteiger partial charge < -0.3 is 14.2 Å². The Morgan fingerprint density at radius 1 is 1.16 bits per heavy atom. The summed E-state index contributed by atoms with van der Waals surface area (Å²) in [5, 5.41) is 4.20. The lowest BCUT2D eigenvalue weighted by Gasteiger charge is -2.26. The maximum absolute atomic E-state index is 12.0. The molecule has 0 radical (unpaired) electrons. The smallest absolute Gasteiger partial charge is 0.255 e. The molecule has 31 heavy (non-hydrogen) atoms. The van der Waals surface area contributed by atoms with Crippen LogP contribution in [0.15, 0.2) is 64.6 Å². The second kappa shape index (κ2) is 8.00. The Hall–Kier alpha value is -3.45. The molecule has 0 saturated carbocycles. The number of pyridine rings is 1. The van der Waals surface area contributed by atoms with E-state index in [1.807, 2.05) is 11.0 Å². The molecule has 2 aliphatic rings. The van der Waals surface area contributed by atoms with Gasteiger partial charge in [-0.1, -0.05) is 49.0 Å². The first-order valence-corrected chi connectivity index (χ1v) is 10.5. The van der Waals surface area contributed by atoms with Crippen molar-refractivity contribution in [3.63, 3.8) is 0 Å². The highest BCUT2D eigenvalue weighted by atomic mass is 16.5. The van der Waals surface area contributed by atoms with Gasteiger partial charge >= 0.3 is 0 Å². The average Bonchev–Trinajstić information content (AvgIpc) is 3.46. The van der Waals surface area contributed by atoms with E-state index in [4.69, 9.17) is 9.26 Å². The number of rotatable bonds is 5. The molecule has 0 aliphatic carbocycles. The van der Waals surface area contributed by atoms with Gasteiger partial charge in [-0.25, -0.2) is 0 Å². The van der Waals surface area contributed by atoms with Crippen LogP contribution < -0.4 is 5.56 Å². The van der Waals surface area contributed by atoms with Crippen LogP contribution in [0.2, 0.25) is 0 Å². The fourth-order valence-corrected chi connectivity index (χ4v) is 4.07. The summed E-state index contributed by atoms with van der Waals surface area (Å²) in [5.74, 6) is 1.28. The van der Waals surface area contributed by atoms with Crippen molar-refractivity contribution in [3.8, 4) is 0 Å². The standard InChI is InChI=1S/C24H24N4O3/c1-3-17-7-9-18(10-8-17)21-13-19(15-30-21)24-25-22(31-26-24)14-27-11-12-28-20(16(27)2)5-4-6-23(28)29/h4-12,19,21H,2-3,13-15H2,1H3/t19-,21+/m0/s1. The van der Waals surface area contributed by atoms with Crippen LogP contribution in [0.3, 0.4) is 0 Å². The lowest BCUT2D eigenvalue weighted by molar-refractivity contribution is 0.110. The Balaban J connectivity index is 1.26. The van der Waals surface area contributed by atoms with E-state index in [0.717, 1.165) is 18.5 Å². The Morgan fingerprint density at radius 3 is 2.81 bits per heavy atom. The van der Waals surface area contributed by atoms with Crippen molar-refractivity contribution >= 4 is 11.9 Å². The van der Waals surface area contributed by atoms with E-state index in [0.29, 0.717) is 30.6 Å². The molecule has 4 heterocycles. The molecule has 1 aromatic carbocycles. The van der Waals surface area contributed by atoms with Gasteiger partial charge in [0.25, 0.3) is 5.56 Å². The van der Waals surface area contributed by atoms with E-state index in [1.165, 1.54) is 17.2 Å². The average molecular weight is 416 g/mol. The van der Waals surface area contributed by atoms with E-state index in [1.54, 1.807) is 23.0 Å². The van der Waals surface area contributed by atoms with Crippen molar-refractivity contribution in [1.29, 1.82) is 0 Å². The van der Waals surface area contributed by atoms with Crippen molar-refractivity contribution < 1.29 is 9.26 Å². The minimum Gasteiger partial charge on any atom is -0.373 e. The quantitative estimate of drug-likeness (QED) is 0.627. The summed E-state index contributed by atoms with van der Waals surface area (Å²) in [4.78, 5) is 18.5. The molecule has 7 nitrogen and oxygen atoms in total. The number of nitrogens with zero attached hydrogens (tertiary/aromatic N) is 4. The maximum Gasteiger partial charge on any atom is 0.255 e. The molecule has 0 N–H and O–H groups in total. The lowest BCUT2D eigenvalue weighted by Crippen LogP contribution is -2.26. The van der Waals surface area contributed by atoms with Gasteiger partial charge in [0, 0.05) is 24.4 Å². The first-order valence-electron chi connectivity index (χ1n) is 10.5. The highest BCUT2D eigenvalue weighted by Gasteiger charge is 2.31. The fourth-order valence-electron chi connectivity index (χ4n) is 4.07. The second-order valence-corrected chi connectivity index (χ2v) is 7.89. The number of hydrogen-bond acceptors (Lipinski definition) is 6. The fraction of sp³-hybridized carbons (Fsp3) is 0.292. The summed E-state index contributed by atoms with van der Waals surface area (Å²) >= 11 is 0. The second-order valence-electron chi connectivity index (χ2n) is 7.89. The number of aromatic nitrogens is 3. The monoisotopic (exact) mass is 416 g/mol. The molecule has 2 aliphatic heterocycles. The van der Waals surface area contributed by atoms with Crippen LogP contribution in [0.5, 0.6) is 0 Å². The third kappa shape index (κ3) is 3.72. The van der Waals surface area contributed by atoms with Crippen LogP contribution in [0.1, 0.15) is 53.9 Å². The number of aryl methyl sites for hydroxylation is 1. The molecule has 0 amide bonds. The van der Waals surface area contributed by atoms with Crippen LogP contribution in [-0.4, -0.2) is 26.2 Å². The van der Waals surface area contributed by atoms with Crippen LogP contribution >= 0.6 is 0 Å². The largest absolute Gasteiger partial charge is 0.373 e. The molecule has 2 atom stereocenters. The third-order valence-electron chi connectivity index (χ3n) is 5.94. The van der Waals surface area contributed by atoms with Crippen molar-refractivity contribution in [2.24, 2.45) is 0 Å². The van der Waals surface area contributed by atoms with Crippen LogP contribution in [-0.2, 0) is 17.7 Å². The Bertz CT molecular complexity index is 1190. The first-order chi connectivity index (χ1) is 15.1. The van der Waals surface area contributed by atoms with Gasteiger partial charge in [0.05, 0.1) is 24.1 Å². The molecular formula is C24H24N4O3. The zero-order chi connectivity index (χ0) is 21.4. The summed E-state index contributed by atoms with van der Waals surface area (Å²) in [6.45, 7) is 7.24. The van der Waals surface area contributed by atoms with Gasteiger partial charge in [0.15, 0.2) is 5.82 Å². The van der Waals surface area contributed by atoms with E-state index < -0.39 is 0 Å². The molecule has 1 fully saturated rings. The van der Waals surface area contributed by atoms with Crippen LogP contribution in [0.25, 0.3) is 11.9 Å². The lowest BCUT2D eigenvalue weighted by atomic mass is 9.99. The number of hydrogen-bond donors (Lipinski definition) is 0. The Kier molecular flexibility index (Phi) is 5.03. The zero-order valence-electron chi connectivity index (χ0n) is 17.4. The third-order valence-corrected chi connectivity index (χ3v) is 5.94. The minimum absolute atomic E-state index is 0.0532. The first kappa shape index (κ1) is 19.5. The van der Waals surface area contributed by atoms with Crippen LogP contribution in [0, 0.1) is 0 Å². The molecule has 7 heteroatoms. The molecular weight excluding hydrogens is 392 g/mol. The number of fused-ring (bicyclic) bond motifs is 1. The van der Waals surface area contributed by atoms with Gasteiger partial charge in [-0.3, -0.25) is 9.36 Å². The molecule has 2 aromatic heterocycles. The van der Waals surface area contributed by atoms with Crippen molar-refractivity contribution in [1.82, 2.24) is 19.6 Å². The highest BCUT2D eigenvalue weighted by Crippen LogP contribution is 2.37. The van der Waals surface area contributed by atoms with Gasteiger partial charge in [0.2, 0.25) is 5.89 Å². The van der Waals surface area contributed by atoms with Gasteiger partial charge in [-0.2, -0.15) is 4.98 Å². The van der Waals surface area contributed by atoms with Crippen molar-refractivity contribution in [2.45, 2.75) is 38.3 Å². The molecule has 1 saturated heterocycles. The molecule has 158 valence electrons. The van der Waals surface area contributed by atoms with Crippen molar-refractivity contribution in [2.75, 3.05) is 6.61 Å². The normalized spacial score (nSPS) is 20.3. The number of benzene rings is 1. The topological polar surface area (TPSA) is 73.4 Å². The summed E-state index contributed by atoms with van der Waals surface area (Å²) in [7, 11) is 0. The highest BCUT2D eigenvalue weighted by molar-refractivity contribution is 5.65. The number of ether oxygens (including phenoxy) is 1. The molecule has 0 unspecified atom stereocenters. The van der Waals surface area contributed by atoms with E-state index in [-0.39, 0.29) is 17.6 Å². The minimum atomic E-state index is -0.0882. The predicted octanol–water partition coefficient (Wildman–Crippen LogP) is 3.95. The molecule has 0 bridgehead atoms. The Morgan fingerprint density at radius 2 is 2.00 bits per heavy atom.